The molecule has 1 aliphatic heterocycles. The fraction of sp³-hybridized carbons (Fsp3) is 0.100. The van der Waals surface area contributed by atoms with Gasteiger partial charge in [0.25, 0.3) is 0 Å². The topological polar surface area (TPSA) is 48.8 Å². The molecule has 26 heavy (non-hydrogen) atoms. The molecule has 0 saturated heterocycles. The Labute approximate surface area is 164 Å². The maximum Gasteiger partial charge on any atom is 0.0864 e. The largest absolute Gasteiger partial charge is 0.360 e. The molecule has 0 unspecified atom stereocenters. The Balaban J connectivity index is 2.06. The predicted molar refractivity (Wildman–Crippen MR) is 120 cm³/mol. The van der Waals surface area contributed by atoms with Crippen molar-refractivity contribution in [1.29, 1.82) is 0 Å². The second-order valence-electron chi connectivity index (χ2n) is 5.59. The summed E-state index contributed by atoms with van der Waals surface area (Å²) in [4.78, 5) is 9.21. The minimum atomic E-state index is 0.571. The van der Waals surface area contributed by atoms with Gasteiger partial charge in [-0.05, 0) is 35.4 Å². The average Bonchev–Trinajstić information content (AvgIpc) is 2.69. The third-order valence-electron chi connectivity index (χ3n) is 3.74. The number of fused-ring (bicyclic) bond motifs is 2. The lowest BCUT2D eigenvalue weighted by atomic mass is 10.2. The summed E-state index contributed by atoms with van der Waals surface area (Å²) in [5.41, 5.74) is 5.46. The normalized spacial score (nSPS) is 18.1. The number of hydrogen-bond acceptors (Lipinski definition) is 6. The highest BCUT2D eigenvalue weighted by Gasteiger charge is 2.02. The summed E-state index contributed by atoms with van der Waals surface area (Å²) in [6.07, 6.45) is 7.45. The molecule has 2 N–H and O–H groups in total. The molecule has 3 rings (SSSR count). The van der Waals surface area contributed by atoms with Gasteiger partial charge in [0.05, 0.1) is 22.7 Å². The first-order chi connectivity index (χ1) is 12.8. The summed E-state index contributed by atoms with van der Waals surface area (Å²) in [6.45, 7) is 0. The fourth-order valence-corrected chi connectivity index (χ4v) is 2.66. The molecule has 0 saturated carbocycles. The molecule has 2 aromatic carbocycles. The summed E-state index contributed by atoms with van der Waals surface area (Å²) in [7, 11) is 0. The summed E-state index contributed by atoms with van der Waals surface area (Å²) in [5.74, 6) is 1.14. The number of thiol groups is 2. The number of hydrogen-bond donors (Lipinski definition) is 4. The van der Waals surface area contributed by atoms with Crippen molar-refractivity contribution in [1.82, 2.24) is 0 Å². The lowest BCUT2D eigenvalue weighted by Gasteiger charge is -2.09. The summed E-state index contributed by atoms with van der Waals surface area (Å²) < 4.78 is 0. The van der Waals surface area contributed by atoms with E-state index in [0.29, 0.717) is 11.5 Å². The first kappa shape index (κ1) is 18.4. The molecular formula is C20H20N4S2. The number of anilines is 2. The highest BCUT2D eigenvalue weighted by Crippen LogP contribution is 2.26. The van der Waals surface area contributed by atoms with Crippen LogP contribution in [-0.2, 0) is 0 Å². The Morgan fingerprint density at radius 2 is 1.08 bits per heavy atom. The van der Waals surface area contributed by atoms with Gasteiger partial charge in [0.2, 0.25) is 0 Å². The van der Waals surface area contributed by atoms with Crippen LogP contribution in [0.4, 0.5) is 22.7 Å². The monoisotopic (exact) mass is 380 g/mol. The molecule has 0 spiro atoms. The van der Waals surface area contributed by atoms with E-state index in [-0.39, 0.29) is 0 Å². The highest BCUT2D eigenvalue weighted by molar-refractivity contribution is 7.80. The van der Waals surface area contributed by atoms with Gasteiger partial charge < -0.3 is 10.6 Å². The Kier molecular flexibility index (Phi) is 6.57. The van der Waals surface area contributed by atoms with Crippen LogP contribution < -0.4 is 10.6 Å². The highest BCUT2D eigenvalue weighted by atomic mass is 32.1. The average molecular weight is 381 g/mol. The lowest BCUT2D eigenvalue weighted by molar-refractivity contribution is 1.43. The molecule has 1 aliphatic rings. The van der Waals surface area contributed by atoms with E-state index in [1.54, 1.807) is 0 Å². The molecular weight excluding hydrogens is 360 g/mol. The van der Waals surface area contributed by atoms with Crippen molar-refractivity contribution in [2.45, 2.75) is 0 Å². The van der Waals surface area contributed by atoms with E-state index in [1.807, 2.05) is 73.4 Å². The van der Waals surface area contributed by atoms with Crippen molar-refractivity contribution in [3.05, 3.63) is 72.1 Å². The number of aliphatic imine (C=N–C) groups is 2. The van der Waals surface area contributed by atoms with Crippen LogP contribution in [0.5, 0.6) is 0 Å². The van der Waals surface area contributed by atoms with E-state index in [2.05, 4.69) is 45.9 Å². The van der Waals surface area contributed by atoms with E-state index >= 15 is 0 Å². The molecule has 0 amide bonds. The Hall–Kier alpha value is -2.44. The molecule has 1 heterocycles. The van der Waals surface area contributed by atoms with Crippen LogP contribution in [0.15, 0.2) is 82.1 Å². The smallest absolute Gasteiger partial charge is 0.0864 e. The first-order valence-corrected chi connectivity index (χ1v) is 9.45. The van der Waals surface area contributed by atoms with Crippen LogP contribution in [0.1, 0.15) is 0 Å². The summed E-state index contributed by atoms with van der Waals surface area (Å²) >= 11 is 8.79. The zero-order valence-corrected chi connectivity index (χ0v) is 15.9. The van der Waals surface area contributed by atoms with Gasteiger partial charge in [-0.15, -0.1) is 0 Å². The quantitative estimate of drug-likeness (QED) is 0.538. The maximum atomic E-state index is 4.61. The number of para-hydroxylation sites is 4. The van der Waals surface area contributed by atoms with Crippen LogP contribution in [-0.4, -0.2) is 23.9 Å². The van der Waals surface area contributed by atoms with Crippen molar-refractivity contribution in [2.24, 2.45) is 9.98 Å². The Morgan fingerprint density at radius 1 is 0.654 bits per heavy atom. The number of benzene rings is 2. The van der Waals surface area contributed by atoms with Gasteiger partial charge in [-0.1, -0.05) is 24.3 Å². The van der Waals surface area contributed by atoms with Crippen LogP contribution in [0, 0.1) is 0 Å². The van der Waals surface area contributed by atoms with Crippen molar-refractivity contribution < 1.29 is 0 Å². The maximum absolute atomic E-state index is 4.61. The second kappa shape index (κ2) is 9.31. The fourth-order valence-electron chi connectivity index (χ4n) is 2.31. The van der Waals surface area contributed by atoms with E-state index in [0.717, 1.165) is 33.9 Å². The minimum absolute atomic E-state index is 0.571. The number of rotatable bonds is 2. The SMILES string of the molecule is SC/C1=C/Nc2ccccc2N=C/C(CS)=C\Nc2ccccc2N=C1. The second-order valence-corrected chi connectivity index (χ2v) is 6.23. The summed E-state index contributed by atoms with van der Waals surface area (Å²) in [5, 5.41) is 6.61. The molecule has 0 radical (unpaired) electrons. The van der Waals surface area contributed by atoms with Gasteiger partial charge in [-0.2, -0.15) is 25.3 Å². The van der Waals surface area contributed by atoms with Gasteiger partial charge in [-0.25, -0.2) is 0 Å². The molecule has 4 nitrogen and oxygen atoms in total. The number of nitrogens with zero attached hydrogens (tertiary/aromatic N) is 2. The summed E-state index contributed by atoms with van der Waals surface area (Å²) in [6, 6.07) is 15.8. The Bertz CT molecular complexity index is 811. The van der Waals surface area contributed by atoms with Crippen molar-refractivity contribution >= 4 is 60.4 Å². The zero-order valence-electron chi connectivity index (χ0n) is 14.1. The molecule has 6 heteroatoms. The minimum Gasteiger partial charge on any atom is -0.360 e. The molecule has 0 aliphatic carbocycles. The van der Waals surface area contributed by atoms with Crippen LogP contribution in [0.3, 0.4) is 0 Å². The molecule has 0 bridgehead atoms. The van der Waals surface area contributed by atoms with Crippen LogP contribution in [0.2, 0.25) is 0 Å². The molecule has 0 atom stereocenters. The van der Waals surface area contributed by atoms with Gasteiger partial charge in [0, 0.05) is 36.3 Å². The molecule has 132 valence electrons. The van der Waals surface area contributed by atoms with Crippen molar-refractivity contribution in [2.75, 3.05) is 22.1 Å². The number of nitrogens with one attached hydrogen (secondary N) is 2. The van der Waals surface area contributed by atoms with E-state index in [1.165, 1.54) is 0 Å². The predicted octanol–water partition coefficient (Wildman–Crippen LogP) is 5.26. The van der Waals surface area contributed by atoms with E-state index in [4.69, 9.17) is 0 Å². The third-order valence-corrected chi connectivity index (χ3v) is 4.47. The zero-order chi connectivity index (χ0) is 18.2. The molecule has 2 aromatic rings. The van der Waals surface area contributed by atoms with Gasteiger partial charge in [0.15, 0.2) is 0 Å². The van der Waals surface area contributed by atoms with Gasteiger partial charge >= 0.3 is 0 Å². The van der Waals surface area contributed by atoms with Gasteiger partial charge in [0.1, 0.15) is 0 Å². The van der Waals surface area contributed by atoms with Crippen molar-refractivity contribution in [3.63, 3.8) is 0 Å². The Morgan fingerprint density at radius 3 is 1.50 bits per heavy atom. The van der Waals surface area contributed by atoms with Crippen LogP contribution in [0.25, 0.3) is 0 Å². The van der Waals surface area contributed by atoms with Crippen molar-refractivity contribution in [3.8, 4) is 0 Å². The lowest BCUT2D eigenvalue weighted by Crippen LogP contribution is -1.98. The standard InChI is InChI=1S/C20H20N4S2/c25-13-15-9-21-17-5-1-2-6-18(17)22-10-16(14-26)12-24-20-8-4-3-7-19(20)23-11-15/h1-12,21,24-26H,13-14H2/b15-9+,16-12+,22-10?,23-11?. The van der Waals surface area contributed by atoms with E-state index in [9.17, 15) is 0 Å². The molecule has 0 aromatic heterocycles. The van der Waals surface area contributed by atoms with Crippen LogP contribution >= 0.6 is 25.3 Å². The molecule has 0 fully saturated rings. The first-order valence-electron chi connectivity index (χ1n) is 8.19. The third kappa shape index (κ3) is 4.80. The van der Waals surface area contributed by atoms with Gasteiger partial charge in [-0.3, -0.25) is 9.98 Å². The van der Waals surface area contributed by atoms with E-state index < -0.39 is 0 Å².